The molecule has 5 heteroatoms. The smallest absolute Gasteiger partial charge is 0.200 e. The minimum absolute atomic E-state index is 0.0737. The van der Waals surface area contributed by atoms with Gasteiger partial charge >= 0.3 is 0 Å². The summed E-state index contributed by atoms with van der Waals surface area (Å²) in [4.78, 5) is 12.7. The first-order valence-electron chi connectivity index (χ1n) is 6.61. The molecule has 0 atom stereocenters. The summed E-state index contributed by atoms with van der Waals surface area (Å²) in [6, 6.07) is 9.60. The van der Waals surface area contributed by atoms with Crippen LogP contribution < -0.4 is 9.47 Å². The van der Waals surface area contributed by atoms with Crippen molar-refractivity contribution in [3.63, 3.8) is 0 Å². The first kappa shape index (κ1) is 14.0. The van der Waals surface area contributed by atoms with Gasteiger partial charge in [0, 0.05) is 11.5 Å². The monoisotopic (exact) mass is 298 g/mol. The molecule has 3 rings (SSSR count). The van der Waals surface area contributed by atoms with Crippen molar-refractivity contribution in [2.24, 2.45) is 0 Å². The van der Waals surface area contributed by atoms with Crippen molar-refractivity contribution in [2.45, 2.75) is 0 Å². The maximum atomic E-state index is 12.7. The zero-order valence-electron chi connectivity index (χ0n) is 12.1. The van der Waals surface area contributed by atoms with Crippen LogP contribution in [-0.2, 0) is 0 Å². The van der Waals surface area contributed by atoms with Crippen molar-refractivity contribution in [2.75, 3.05) is 14.2 Å². The highest BCUT2D eigenvalue weighted by molar-refractivity contribution is 6.17. The number of carbonyl (C=O) groups excluding carboxylic acids is 1. The van der Waals surface area contributed by atoms with E-state index in [4.69, 9.17) is 13.9 Å². The maximum absolute atomic E-state index is 12.7. The van der Waals surface area contributed by atoms with Gasteiger partial charge in [0.05, 0.1) is 25.3 Å². The molecule has 1 aromatic heterocycles. The summed E-state index contributed by atoms with van der Waals surface area (Å²) < 4.78 is 15.8. The summed E-state index contributed by atoms with van der Waals surface area (Å²) in [5.74, 6) is 0.843. The molecule has 0 bridgehead atoms. The van der Waals surface area contributed by atoms with E-state index in [1.54, 1.807) is 31.4 Å². The molecule has 0 aliphatic rings. The molecule has 0 fully saturated rings. The number of rotatable bonds is 4. The number of fused-ring (bicyclic) bond motifs is 1. The SMILES string of the molecule is COc1ccc(C(=O)c2coc3ccc(O)cc23)c(OC)c1. The van der Waals surface area contributed by atoms with E-state index in [-0.39, 0.29) is 11.5 Å². The van der Waals surface area contributed by atoms with Gasteiger partial charge in [-0.15, -0.1) is 0 Å². The topological polar surface area (TPSA) is 68.9 Å². The predicted molar refractivity (Wildman–Crippen MR) is 80.9 cm³/mol. The highest BCUT2D eigenvalue weighted by Gasteiger charge is 2.20. The van der Waals surface area contributed by atoms with Gasteiger partial charge < -0.3 is 19.0 Å². The highest BCUT2D eigenvalue weighted by Crippen LogP contribution is 2.31. The van der Waals surface area contributed by atoms with Crippen LogP contribution >= 0.6 is 0 Å². The van der Waals surface area contributed by atoms with E-state index in [1.807, 2.05) is 0 Å². The maximum Gasteiger partial charge on any atom is 0.200 e. The van der Waals surface area contributed by atoms with E-state index in [0.29, 0.717) is 33.6 Å². The number of hydrogen-bond acceptors (Lipinski definition) is 5. The molecule has 0 amide bonds. The van der Waals surface area contributed by atoms with Crippen molar-refractivity contribution in [3.8, 4) is 17.2 Å². The standard InChI is InChI=1S/C17H14O5/c1-20-11-4-5-12(16(8-11)21-2)17(19)14-9-22-15-6-3-10(18)7-13(14)15/h3-9,18H,1-2H3. The molecule has 0 saturated carbocycles. The largest absolute Gasteiger partial charge is 0.508 e. The lowest BCUT2D eigenvalue weighted by atomic mass is 10.0. The summed E-state index contributed by atoms with van der Waals surface area (Å²) in [7, 11) is 3.04. The van der Waals surface area contributed by atoms with Gasteiger partial charge in [-0.3, -0.25) is 4.79 Å². The Morgan fingerprint density at radius 1 is 1.05 bits per heavy atom. The third-order valence-electron chi connectivity index (χ3n) is 3.46. The van der Waals surface area contributed by atoms with Crippen molar-refractivity contribution in [1.29, 1.82) is 0 Å². The number of ketones is 1. The van der Waals surface area contributed by atoms with E-state index in [1.165, 1.54) is 25.5 Å². The van der Waals surface area contributed by atoms with Crippen molar-refractivity contribution >= 4 is 16.8 Å². The van der Waals surface area contributed by atoms with E-state index in [2.05, 4.69) is 0 Å². The Bertz CT molecular complexity index is 847. The summed E-state index contributed by atoms with van der Waals surface area (Å²) in [5.41, 5.74) is 1.30. The first-order valence-corrected chi connectivity index (χ1v) is 6.61. The minimum Gasteiger partial charge on any atom is -0.508 e. The zero-order valence-corrected chi connectivity index (χ0v) is 12.1. The Balaban J connectivity index is 2.11. The molecule has 0 saturated heterocycles. The second kappa shape index (κ2) is 5.44. The normalized spacial score (nSPS) is 10.6. The van der Waals surface area contributed by atoms with E-state index < -0.39 is 0 Å². The van der Waals surface area contributed by atoms with Crippen LogP contribution in [0.15, 0.2) is 47.1 Å². The number of aromatic hydroxyl groups is 1. The molecular formula is C17H14O5. The molecular weight excluding hydrogens is 284 g/mol. The van der Waals surface area contributed by atoms with Gasteiger partial charge in [-0.05, 0) is 30.3 Å². The van der Waals surface area contributed by atoms with Gasteiger partial charge in [0.25, 0.3) is 0 Å². The Morgan fingerprint density at radius 3 is 2.59 bits per heavy atom. The lowest BCUT2D eigenvalue weighted by molar-refractivity contribution is 0.103. The fraction of sp³-hybridized carbons (Fsp3) is 0.118. The molecule has 0 aliphatic carbocycles. The lowest BCUT2D eigenvalue weighted by Crippen LogP contribution is -2.03. The van der Waals surface area contributed by atoms with Gasteiger partial charge in [-0.2, -0.15) is 0 Å². The van der Waals surface area contributed by atoms with E-state index >= 15 is 0 Å². The van der Waals surface area contributed by atoms with Gasteiger partial charge in [0.2, 0.25) is 5.78 Å². The quantitative estimate of drug-likeness (QED) is 0.748. The number of carbonyl (C=O) groups is 1. The molecule has 0 aliphatic heterocycles. The molecule has 1 heterocycles. The second-order valence-corrected chi connectivity index (χ2v) is 4.73. The van der Waals surface area contributed by atoms with Crippen LogP contribution in [0.2, 0.25) is 0 Å². The number of hydrogen-bond donors (Lipinski definition) is 1. The van der Waals surface area contributed by atoms with Crippen molar-refractivity contribution in [3.05, 3.63) is 53.8 Å². The van der Waals surface area contributed by atoms with Crippen LogP contribution in [-0.4, -0.2) is 25.1 Å². The molecule has 5 nitrogen and oxygen atoms in total. The zero-order chi connectivity index (χ0) is 15.7. The van der Waals surface area contributed by atoms with Crippen LogP contribution in [0.4, 0.5) is 0 Å². The van der Waals surface area contributed by atoms with Gasteiger partial charge in [0.15, 0.2) is 0 Å². The van der Waals surface area contributed by atoms with E-state index in [0.717, 1.165) is 0 Å². The fourth-order valence-corrected chi connectivity index (χ4v) is 2.32. The van der Waals surface area contributed by atoms with Gasteiger partial charge in [-0.1, -0.05) is 0 Å². The number of methoxy groups -OCH3 is 2. The summed E-state index contributed by atoms with van der Waals surface area (Å²) >= 11 is 0. The number of benzene rings is 2. The molecule has 0 unspecified atom stereocenters. The van der Waals surface area contributed by atoms with Crippen LogP contribution in [0.25, 0.3) is 11.0 Å². The Morgan fingerprint density at radius 2 is 1.86 bits per heavy atom. The Labute approximate surface area is 126 Å². The molecule has 0 spiro atoms. The second-order valence-electron chi connectivity index (χ2n) is 4.73. The molecule has 0 radical (unpaired) electrons. The molecule has 22 heavy (non-hydrogen) atoms. The lowest BCUT2D eigenvalue weighted by Gasteiger charge is -2.09. The summed E-state index contributed by atoms with van der Waals surface area (Å²) in [5, 5.41) is 10.2. The van der Waals surface area contributed by atoms with Crippen LogP contribution in [0.3, 0.4) is 0 Å². The van der Waals surface area contributed by atoms with Gasteiger partial charge in [0.1, 0.15) is 29.1 Å². The fourth-order valence-electron chi connectivity index (χ4n) is 2.32. The first-order chi connectivity index (χ1) is 10.6. The van der Waals surface area contributed by atoms with Gasteiger partial charge in [-0.25, -0.2) is 0 Å². The van der Waals surface area contributed by atoms with Crippen molar-refractivity contribution < 1.29 is 23.8 Å². The Hall–Kier alpha value is -2.95. The third-order valence-corrected chi connectivity index (χ3v) is 3.46. The average Bonchev–Trinajstić information content (AvgIpc) is 2.96. The van der Waals surface area contributed by atoms with Crippen LogP contribution in [0, 0.1) is 0 Å². The molecule has 112 valence electrons. The van der Waals surface area contributed by atoms with Crippen LogP contribution in [0.5, 0.6) is 17.2 Å². The minimum atomic E-state index is -0.246. The third kappa shape index (κ3) is 2.26. The number of phenolic OH excluding ortho intramolecular Hbond substituents is 1. The summed E-state index contributed by atoms with van der Waals surface area (Å²) in [6.07, 6.45) is 1.39. The molecule has 2 aromatic carbocycles. The van der Waals surface area contributed by atoms with E-state index in [9.17, 15) is 9.90 Å². The average molecular weight is 298 g/mol. The van der Waals surface area contributed by atoms with Crippen molar-refractivity contribution in [1.82, 2.24) is 0 Å². The number of phenols is 1. The summed E-state index contributed by atoms with van der Waals surface area (Å²) in [6.45, 7) is 0. The molecule has 3 aromatic rings. The number of furan rings is 1. The highest BCUT2D eigenvalue weighted by atomic mass is 16.5. The predicted octanol–water partition coefficient (Wildman–Crippen LogP) is 3.39. The number of ether oxygens (including phenoxy) is 2. The van der Waals surface area contributed by atoms with Crippen LogP contribution in [0.1, 0.15) is 15.9 Å². The molecule has 1 N–H and O–H groups in total. The Kier molecular flexibility index (Phi) is 3.47.